The number of fused-ring (bicyclic) bond motifs is 1. The van der Waals surface area contributed by atoms with Gasteiger partial charge < -0.3 is 15.2 Å². The van der Waals surface area contributed by atoms with Crippen LogP contribution in [0, 0.1) is 0 Å². The van der Waals surface area contributed by atoms with Gasteiger partial charge in [0.25, 0.3) is 6.01 Å². The van der Waals surface area contributed by atoms with Gasteiger partial charge in [-0.05, 0) is 29.3 Å². The highest BCUT2D eigenvalue weighted by molar-refractivity contribution is 6.28. The van der Waals surface area contributed by atoms with Crippen LogP contribution in [-0.4, -0.2) is 43.2 Å². The van der Waals surface area contributed by atoms with Crippen molar-refractivity contribution in [3.8, 4) is 6.01 Å². The lowest BCUT2D eigenvalue weighted by Gasteiger charge is -2.05. The quantitative estimate of drug-likeness (QED) is 0.589. The fourth-order valence-corrected chi connectivity index (χ4v) is 2.04. The van der Waals surface area contributed by atoms with E-state index in [2.05, 4.69) is 30.2 Å². The largest absolute Gasteiger partial charge is 0.462 e. The lowest BCUT2D eigenvalue weighted by molar-refractivity contribution is 0.193. The molecule has 3 aromatic rings. The second-order valence-corrected chi connectivity index (χ2v) is 4.70. The molecule has 0 radical (unpaired) electrons. The molecule has 3 aromatic heterocycles. The van der Waals surface area contributed by atoms with Crippen LogP contribution in [0.25, 0.3) is 11.2 Å². The Morgan fingerprint density at radius 1 is 1.23 bits per heavy atom. The van der Waals surface area contributed by atoms with Crippen LogP contribution in [0.3, 0.4) is 0 Å². The fraction of sp³-hybridized carbons (Fsp3) is 0.231. The number of hydrogen-bond acceptors (Lipinski definition) is 7. The number of anilines is 1. The molecule has 0 spiro atoms. The SMILES string of the molecule is OCCOc1nc2c(NCc3ccncc3)nc(Cl)nc2[nH]1. The Kier molecular flexibility index (Phi) is 4.31. The third-order valence-electron chi connectivity index (χ3n) is 2.83. The number of H-pyrrole nitrogens is 1. The Morgan fingerprint density at radius 2 is 2.05 bits per heavy atom. The fourth-order valence-electron chi connectivity index (χ4n) is 1.87. The summed E-state index contributed by atoms with van der Waals surface area (Å²) in [5, 5.41) is 12.0. The first-order valence-electron chi connectivity index (χ1n) is 6.56. The minimum atomic E-state index is -0.101. The molecule has 9 heteroatoms. The van der Waals surface area contributed by atoms with E-state index in [4.69, 9.17) is 21.4 Å². The monoisotopic (exact) mass is 320 g/mol. The number of hydrogen-bond donors (Lipinski definition) is 3. The molecular weight excluding hydrogens is 308 g/mol. The highest BCUT2D eigenvalue weighted by Crippen LogP contribution is 2.23. The summed E-state index contributed by atoms with van der Waals surface area (Å²) < 4.78 is 5.23. The number of rotatable bonds is 6. The molecule has 0 saturated heterocycles. The number of nitrogens with one attached hydrogen (secondary N) is 2. The summed E-state index contributed by atoms with van der Waals surface area (Å²) >= 11 is 5.92. The normalized spacial score (nSPS) is 10.8. The van der Waals surface area contributed by atoms with E-state index in [1.54, 1.807) is 12.4 Å². The van der Waals surface area contributed by atoms with Gasteiger partial charge >= 0.3 is 0 Å². The second kappa shape index (κ2) is 6.54. The molecule has 3 rings (SSSR count). The molecule has 3 N–H and O–H groups in total. The molecule has 0 fully saturated rings. The predicted octanol–water partition coefficient (Wildman–Crippen LogP) is 1.38. The summed E-state index contributed by atoms with van der Waals surface area (Å²) in [5.41, 5.74) is 2.03. The van der Waals surface area contributed by atoms with E-state index in [9.17, 15) is 0 Å². The first kappa shape index (κ1) is 14.5. The average Bonchev–Trinajstić information content (AvgIpc) is 2.94. The standard InChI is InChI=1S/C13H13ClN6O2/c14-12-18-10(16-7-8-1-3-15-4-2-8)9-11(19-12)20-13(17-9)22-6-5-21/h1-4,21H,5-7H2,(H2,16,17,18,19,20). The van der Waals surface area contributed by atoms with E-state index in [0.717, 1.165) is 5.56 Å². The van der Waals surface area contributed by atoms with Crippen molar-refractivity contribution in [2.75, 3.05) is 18.5 Å². The minimum Gasteiger partial charge on any atom is -0.462 e. The Labute approximate surface area is 130 Å². The maximum absolute atomic E-state index is 8.78. The number of nitrogens with zero attached hydrogens (tertiary/aromatic N) is 4. The number of aliphatic hydroxyl groups excluding tert-OH is 1. The average molecular weight is 321 g/mol. The van der Waals surface area contributed by atoms with Gasteiger partial charge in [-0.2, -0.15) is 15.0 Å². The van der Waals surface area contributed by atoms with Gasteiger partial charge in [0, 0.05) is 18.9 Å². The molecule has 0 bridgehead atoms. The van der Waals surface area contributed by atoms with Crippen LogP contribution in [0.5, 0.6) is 6.01 Å². The van der Waals surface area contributed by atoms with Crippen molar-refractivity contribution >= 4 is 28.6 Å². The van der Waals surface area contributed by atoms with Crippen molar-refractivity contribution in [1.29, 1.82) is 0 Å². The molecule has 114 valence electrons. The van der Waals surface area contributed by atoms with Gasteiger partial charge in [-0.1, -0.05) is 0 Å². The number of aromatic nitrogens is 5. The van der Waals surface area contributed by atoms with Crippen LogP contribution < -0.4 is 10.1 Å². The van der Waals surface area contributed by atoms with E-state index in [1.807, 2.05) is 12.1 Å². The highest BCUT2D eigenvalue weighted by Gasteiger charge is 2.12. The van der Waals surface area contributed by atoms with Crippen LogP contribution in [0.1, 0.15) is 5.56 Å². The zero-order valence-corrected chi connectivity index (χ0v) is 12.2. The van der Waals surface area contributed by atoms with Crippen molar-refractivity contribution in [1.82, 2.24) is 24.9 Å². The molecule has 0 saturated carbocycles. The Hall–Kier alpha value is -2.45. The Balaban J connectivity index is 1.85. The van der Waals surface area contributed by atoms with Crippen molar-refractivity contribution in [2.24, 2.45) is 0 Å². The van der Waals surface area contributed by atoms with Gasteiger partial charge in [0.2, 0.25) is 5.28 Å². The topological polar surface area (TPSA) is 109 Å². The molecule has 0 aromatic carbocycles. The first-order chi connectivity index (χ1) is 10.8. The van der Waals surface area contributed by atoms with Crippen LogP contribution in [0.2, 0.25) is 5.28 Å². The third kappa shape index (κ3) is 3.23. The van der Waals surface area contributed by atoms with Crippen molar-refractivity contribution in [3.05, 3.63) is 35.4 Å². The summed E-state index contributed by atoms with van der Waals surface area (Å²) in [6, 6.07) is 4.05. The lowest BCUT2D eigenvalue weighted by Crippen LogP contribution is -2.03. The molecule has 0 aliphatic heterocycles. The molecule has 0 aliphatic carbocycles. The second-order valence-electron chi connectivity index (χ2n) is 4.36. The van der Waals surface area contributed by atoms with Gasteiger partial charge in [0.1, 0.15) is 6.61 Å². The van der Waals surface area contributed by atoms with Crippen molar-refractivity contribution < 1.29 is 9.84 Å². The number of aliphatic hydroxyl groups is 1. The molecule has 22 heavy (non-hydrogen) atoms. The summed E-state index contributed by atoms with van der Waals surface area (Å²) in [6.07, 6.45) is 3.43. The van der Waals surface area contributed by atoms with Crippen molar-refractivity contribution in [2.45, 2.75) is 6.54 Å². The maximum atomic E-state index is 8.78. The number of pyridine rings is 1. The third-order valence-corrected chi connectivity index (χ3v) is 3.00. The van der Waals surface area contributed by atoms with Crippen LogP contribution >= 0.6 is 11.6 Å². The summed E-state index contributed by atoms with van der Waals surface area (Å²) in [6.45, 7) is 0.585. The summed E-state index contributed by atoms with van der Waals surface area (Å²) in [7, 11) is 0. The van der Waals surface area contributed by atoms with Gasteiger partial charge in [0.05, 0.1) is 6.61 Å². The Morgan fingerprint density at radius 3 is 2.82 bits per heavy atom. The van der Waals surface area contributed by atoms with E-state index in [0.29, 0.717) is 23.5 Å². The van der Waals surface area contributed by atoms with Gasteiger partial charge in [-0.3, -0.25) is 9.97 Å². The number of ether oxygens (including phenoxy) is 1. The van der Waals surface area contributed by atoms with Crippen LogP contribution in [0.15, 0.2) is 24.5 Å². The van der Waals surface area contributed by atoms with Crippen LogP contribution in [0.4, 0.5) is 5.82 Å². The molecule has 8 nitrogen and oxygen atoms in total. The molecule has 3 heterocycles. The molecule has 0 unspecified atom stereocenters. The molecular formula is C13H13ClN6O2. The van der Waals surface area contributed by atoms with Gasteiger partial charge in [-0.15, -0.1) is 0 Å². The maximum Gasteiger partial charge on any atom is 0.296 e. The lowest BCUT2D eigenvalue weighted by atomic mass is 10.3. The van der Waals surface area contributed by atoms with Gasteiger partial charge in [0.15, 0.2) is 17.0 Å². The zero-order valence-electron chi connectivity index (χ0n) is 11.5. The van der Waals surface area contributed by atoms with Gasteiger partial charge in [-0.25, -0.2) is 0 Å². The minimum absolute atomic E-state index is 0.0992. The van der Waals surface area contributed by atoms with Crippen molar-refractivity contribution in [3.63, 3.8) is 0 Å². The number of halogens is 1. The van der Waals surface area contributed by atoms with Crippen LogP contribution in [-0.2, 0) is 6.54 Å². The first-order valence-corrected chi connectivity index (χ1v) is 6.94. The molecule has 0 amide bonds. The van der Waals surface area contributed by atoms with E-state index >= 15 is 0 Å². The number of imidazole rings is 1. The van der Waals surface area contributed by atoms with E-state index in [-0.39, 0.29) is 24.5 Å². The highest BCUT2D eigenvalue weighted by atomic mass is 35.5. The smallest absolute Gasteiger partial charge is 0.296 e. The number of aromatic amines is 1. The summed E-state index contributed by atoms with van der Waals surface area (Å²) in [4.78, 5) is 19.3. The summed E-state index contributed by atoms with van der Waals surface area (Å²) in [5.74, 6) is 0.502. The zero-order chi connectivity index (χ0) is 15.4. The molecule has 0 aliphatic rings. The van der Waals surface area contributed by atoms with E-state index < -0.39 is 0 Å². The van der Waals surface area contributed by atoms with E-state index in [1.165, 1.54) is 0 Å². The Bertz CT molecular complexity index is 764. The molecule has 0 atom stereocenters. The predicted molar refractivity (Wildman–Crippen MR) is 80.8 cm³/mol.